The van der Waals surface area contributed by atoms with Gasteiger partial charge in [-0.1, -0.05) is 146 Å². The molecule has 8 heterocycles. The normalized spacial score (nSPS) is 17.3. The number of benzene rings is 5. The molecule has 0 unspecified atom stereocenters. The van der Waals surface area contributed by atoms with Crippen molar-refractivity contribution >= 4 is 45.1 Å². The second-order valence-electron chi connectivity index (χ2n) is 19.0. The molecule has 356 valence electrons. The minimum atomic E-state index is 0.731. The van der Waals surface area contributed by atoms with Crippen LogP contribution in [0.15, 0.2) is 322 Å². The van der Waals surface area contributed by atoms with Gasteiger partial charge in [0.1, 0.15) is 0 Å². The Balaban J connectivity index is 0.796. The predicted molar refractivity (Wildman–Crippen MR) is 307 cm³/mol. The minimum Gasteiger partial charge on any atom is -0.350 e. The summed E-state index contributed by atoms with van der Waals surface area (Å²) in [5, 5.41) is 0. The fraction of sp³-hybridized carbons (Fsp3) is 0.0441. The highest BCUT2D eigenvalue weighted by atomic mass is 15.1. The summed E-state index contributed by atoms with van der Waals surface area (Å²) in [7, 11) is 0. The van der Waals surface area contributed by atoms with E-state index in [2.05, 4.69) is 264 Å². The van der Waals surface area contributed by atoms with Gasteiger partial charge in [0.2, 0.25) is 0 Å². The van der Waals surface area contributed by atoms with Crippen LogP contribution in [0.2, 0.25) is 0 Å². The van der Waals surface area contributed by atoms with Crippen molar-refractivity contribution in [3.8, 4) is 0 Å². The molecule has 7 heteroatoms. The molecular formula is C68H50N7+. The quantitative estimate of drug-likeness (QED) is 0.128. The second kappa shape index (κ2) is 20.0. The summed E-state index contributed by atoms with van der Waals surface area (Å²) >= 11 is 0. The van der Waals surface area contributed by atoms with Gasteiger partial charge < -0.3 is 9.80 Å². The van der Waals surface area contributed by atoms with Crippen LogP contribution in [0.3, 0.4) is 0 Å². The molecule has 7 nitrogen and oxygen atoms in total. The van der Waals surface area contributed by atoms with Crippen molar-refractivity contribution in [1.29, 1.82) is 0 Å². The third-order valence-electron chi connectivity index (χ3n) is 14.1. The Hall–Kier alpha value is -9.85. The summed E-state index contributed by atoms with van der Waals surface area (Å²) in [6.45, 7) is 2.38. The highest BCUT2D eigenvalue weighted by Gasteiger charge is 2.28. The fourth-order valence-electron chi connectivity index (χ4n) is 10.3. The fourth-order valence-corrected chi connectivity index (χ4v) is 10.3. The van der Waals surface area contributed by atoms with Crippen LogP contribution >= 0.6 is 0 Å². The number of hydrogen-bond donors (Lipinski definition) is 0. The first-order valence-corrected chi connectivity index (χ1v) is 25.4. The van der Waals surface area contributed by atoms with Gasteiger partial charge >= 0.3 is 0 Å². The SMILES string of the molecule is C1=CC2=C(c3ccccc3)C3=NC(=C(c4ccccc4)C4=NC(=C(c5cc[n+](Cc6ccc(CN7C=CC(=C8C=CN(Cc9ccccc9)C=C8)C=C7)cc6)cc5)C5=NC(=C(c6ccccc6)C1=N2)C=C5)C=C4)C=C3. The van der Waals surface area contributed by atoms with Gasteiger partial charge in [-0.15, -0.1) is 0 Å². The van der Waals surface area contributed by atoms with Gasteiger partial charge in [-0.2, -0.15) is 0 Å². The molecule has 1 aromatic heterocycles. The third-order valence-corrected chi connectivity index (χ3v) is 14.1. The molecule has 0 N–H and O–H groups in total. The van der Waals surface area contributed by atoms with Crippen molar-refractivity contribution in [2.45, 2.75) is 19.6 Å². The Bertz CT molecular complexity index is 3750. The first-order chi connectivity index (χ1) is 37.1. The van der Waals surface area contributed by atoms with Gasteiger partial charge in [0, 0.05) is 77.9 Å². The zero-order valence-corrected chi connectivity index (χ0v) is 41.2. The molecule has 6 aromatic rings. The number of nitrogens with zero attached hydrogens (tertiary/aromatic N) is 7. The summed E-state index contributed by atoms with van der Waals surface area (Å²) in [6.07, 6.45) is 38.7. The molecular weight excluding hydrogens is 915 g/mol. The lowest BCUT2D eigenvalue weighted by Gasteiger charge is -2.22. The number of hydrogen-bond acceptors (Lipinski definition) is 6. The van der Waals surface area contributed by atoms with Gasteiger partial charge in [-0.3, -0.25) is 0 Å². The van der Waals surface area contributed by atoms with Crippen molar-refractivity contribution in [1.82, 2.24) is 9.80 Å². The molecule has 5 aromatic carbocycles. The minimum absolute atomic E-state index is 0.731. The van der Waals surface area contributed by atoms with E-state index in [-0.39, 0.29) is 0 Å². The predicted octanol–water partition coefficient (Wildman–Crippen LogP) is 13.7. The summed E-state index contributed by atoms with van der Waals surface area (Å²) < 4.78 is 2.23. The monoisotopic (exact) mass is 964 g/mol. The molecule has 0 saturated carbocycles. The lowest BCUT2D eigenvalue weighted by atomic mass is 9.98. The van der Waals surface area contributed by atoms with Crippen LogP contribution in [0.1, 0.15) is 38.9 Å². The van der Waals surface area contributed by atoms with Crippen LogP contribution in [-0.4, -0.2) is 32.6 Å². The van der Waals surface area contributed by atoms with Crippen LogP contribution in [0.25, 0.3) is 22.3 Å². The second-order valence-corrected chi connectivity index (χ2v) is 19.0. The number of aliphatic imine (C=N–C) groups is 4. The molecule has 8 bridgehead atoms. The molecule has 0 saturated heterocycles. The van der Waals surface area contributed by atoms with E-state index in [9.17, 15) is 0 Å². The lowest BCUT2D eigenvalue weighted by Crippen LogP contribution is -2.33. The summed E-state index contributed by atoms with van der Waals surface area (Å²) in [4.78, 5) is 26.2. The zero-order valence-electron chi connectivity index (χ0n) is 41.2. The standard InChI is InChI=1S/C68H50N7/c1-5-13-48(14-6-1)45-73-39-33-51(34-40-73)52-35-41-74(42-36-52)46-49-21-23-50(24-22-49)47-75-43-37-56(38-44-75)68-63-31-29-61(71-63)66(54-17-9-3-10-18-54)59-27-25-57(69-59)65(53-15-7-2-8-16-53)58-26-28-60(70-58)67(55-19-11-4-12-20-55)62-30-32-64(68)72-62/h1-44H,45-47H2/q+1. The molecule has 75 heavy (non-hydrogen) atoms. The van der Waals surface area contributed by atoms with Gasteiger partial charge in [-0.05, 0) is 117 Å². The molecule has 0 amide bonds. The van der Waals surface area contributed by atoms with Crippen molar-refractivity contribution in [2.75, 3.05) is 0 Å². The van der Waals surface area contributed by atoms with Crippen molar-refractivity contribution in [3.63, 3.8) is 0 Å². The summed E-state index contributed by atoms with van der Waals surface area (Å²) in [6, 6.07) is 55.2. The molecule has 7 aliphatic heterocycles. The lowest BCUT2D eigenvalue weighted by molar-refractivity contribution is -0.688. The summed E-state index contributed by atoms with van der Waals surface area (Å²) in [5.41, 5.74) is 20.9. The maximum Gasteiger partial charge on any atom is 0.173 e. The number of fused-ring (bicyclic) bond motifs is 4. The first-order valence-electron chi connectivity index (χ1n) is 25.4. The van der Waals surface area contributed by atoms with Crippen LogP contribution in [-0.2, 0) is 19.6 Å². The van der Waals surface area contributed by atoms with E-state index < -0.39 is 0 Å². The zero-order chi connectivity index (χ0) is 49.9. The Kier molecular flexibility index (Phi) is 12.0. The van der Waals surface area contributed by atoms with E-state index in [1.807, 2.05) is 18.2 Å². The third kappa shape index (κ3) is 9.42. The largest absolute Gasteiger partial charge is 0.350 e. The molecule has 0 atom stereocenters. The van der Waals surface area contributed by atoms with Gasteiger partial charge in [0.25, 0.3) is 0 Å². The molecule has 0 spiro atoms. The van der Waals surface area contributed by atoms with Gasteiger partial charge in [0.15, 0.2) is 18.9 Å². The maximum atomic E-state index is 5.46. The smallest absolute Gasteiger partial charge is 0.173 e. The molecule has 7 aliphatic rings. The van der Waals surface area contributed by atoms with Crippen molar-refractivity contribution in [2.24, 2.45) is 20.0 Å². The highest BCUT2D eigenvalue weighted by molar-refractivity contribution is 6.39. The van der Waals surface area contributed by atoms with E-state index in [0.29, 0.717) is 0 Å². The van der Waals surface area contributed by atoms with Crippen LogP contribution in [0, 0.1) is 0 Å². The van der Waals surface area contributed by atoms with E-state index in [1.54, 1.807) is 0 Å². The summed E-state index contributed by atoms with van der Waals surface area (Å²) in [5.74, 6) is 0. The first kappa shape index (κ1) is 45.0. The van der Waals surface area contributed by atoms with E-state index in [4.69, 9.17) is 20.0 Å². The Labute approximate surface area is 437 Å². The highest BCUT2D eigenvalue weighted by Crippen LogP contribution is 2.38. The van der Waals surface area contributed by atoms with Crippen LogP contribution in [0.5, 0.6) is 0 Å². The molecule has 13 rings (SSSR count). The topological polar surface area (TPSA) is 59.8 Å². The number of rotatable bonds is 10. The van der Waals surface area contributed by atoms with Gasteiger partial charge in [0.05, 0.1) is 45.6 Å². The number of aromatic nitrogens is 1. The molecule has 0 radical (unpaired) electrons. The Morgan fingerprint density at radius 1 is 0.293 bits per heavy atom. The van der Waals surface area contributed by atoms with E-state index in [0.717, 1.165) is 110 Å². The average Bonchev–Trinajstić information content (AvgIpc) is 4.33. The molecule has 0 aliphatic carbocycles. The van der Waals surface area contributed by atoms with Crippen LogP contribution < -0.4 is 4.57 Å². The number of pyridine rings is 1. The Morgan fingerprint density at radius 2 is 0.600 bits per heavy atom. The van der Waals surface area contributed by atoms with E-state index >= 15 is 0 Å². The molecule has 0 fully saturated rings. The Morgan fingerprint density at radius 3 is 0.960 bits per heavy atom. The average molecular weight is 965 g/mol. The van der Waals surface area contributed by atoms with Crippen molar-refractivity contribution in [3.05, 3.63) is 341 Å². The van der Waals surface area contributed by atoms with Gasteiger partial charge in [-0.25, -0.2) is 24.5 Å². The van der Waals surface area contributed by atoms with Crippen molar-refractivity contribution < 1.29 is 4.57 Å². The maximum absolute atomic E-state index is 5.46. The number of allylic oxidation sites excluding steroid dienone is 18. The van der Waals surface area contributed by atoms with E-state index in [1.165, 1.54) is 27.8 Å². The van der Waals surface area contributed by atoms with Crippen LogP contribution in [0.4, 0.5) is 0 Å².